The van der Waals surface area contributed by atoms with Gasteiger partial charge in [-0.05, 0) is 26.4 Å². The largest absolute Gasteiger partial charge is 0.297 e. The van der Waals surface area contributed by atoms with Crippen molar-refractivity contribution in [2.24, 2.45) is 0 Å². The summed E-state index contributed by atoms with van der Waals surface area (Å²) in [5.74, 6) is 0. The molecule has 0 aromatic heterocycles. The molecule has 1 aliphatic heterocycles. The van der Waals surface area contributed by atoms with E-state index in [9.17, 15) is 0 Å². The van der Waals surface area contributed by atoms with Crippen LogP contribution in [0, 0.1) is 0 Å². The third kappa shape index (κ3) is 1.74. The van der Waals surface area contributed by atoms with Gasteiger partial charge in [0.2, 0.25) is 0 Å². The van der Waals surface area contributed by atoms with Crippen LogP contribution >= 0.6 is 0 Å². The Morgan fingerprint density at radius 1 is 1.36 bits per heavy atom. The molecular weight excluding hydrogens is 136 g/mol. The number of hydrogen-bond donors (Lipinski definition) is 0. The highest BCUT2D eigenvalue weighted by Gasteiger charge is 2.33. The summed E-state index contributed by atoms with van der Waals surface area (Å²) >= 11 is 0. The number of hydrogen-bond acceptors (Lipinski definition) is 1. The molecule has 11 heavy (non-hydrogen) atoms. The molecule has 2 nitrogen and oxygen atoms in total. The first kappa shape index (κ1) is 9.01. The van der Waals surface area contributed by atoms with Gasteiger partial charge in [0.25, 0.3) is 0 Å². The molecule has 0 aromatic rings. The maximum absolute atomic E-state index is 4.41. The van der Waals surface area contributed by atoms with E-state index < -0.39 is 0 Å². The molecule has 1 heterocycles. The highest BCUT2D eigenvalue weighted by Crippen LogP contribution is 2.22. The lowest BCUT2D eigenvalue weighted by atomic mass is 9.99. The van der Waals surface area contributed by atoms with Crippen molar-refractivity contribution in [3.05, 3.63) is 0 Å². The zero-order valence-corrected chi connectivity index (χ0v) is 7.93. The predicted molar refractivity (Wildman–Crippen MR) is 47.8 cm³/mol. The zero-order valence-electron chi connectivity index (χ0n) is 7.93. The molecule has 1 fully saturated rings. The van der Waals surface area contributed by atoms with Crippen molar-refractivity contribution < 1.29 is 0 Å². The molecule has 65 valence electrons. The van der Waals surface area contributed by atoms with Crippen molar-refractivity contribution in [2.75, 3.05) is 26.2 Å². The lowest BCUT2D eigenvalue weighted by Crippen LogP contribution is -2.47. The SMILES string of the molecule is CCN(CC)C1(C)CC[N]C1. The van der Waals surface area contributed by atoms with Crippen molar-refractivity contribution in [3.8, 4) is 0 Å². The van der Waals surface area contributed by atoms with Gasteiger partial charge in [-0.3, -0.25) is 4.90 Å². The van der Waals surface area contributed by atoms with E-state index in [1.807, 2.05) is 0 Å². The van der Waals surface area contributed by atoms with E-state index in [2.05, 4.69) is 31.0 Å². The van der Waals surface area contributed by atoms with E-state index in [0.717, 1.165) is 26.2 Å². The molecule has 0 spiro atoms. The van der Waals surface area contributed by atoms with Crippen LogP contribution in [0.5, 0.6) is 0 Å². The third-order valence-corrected chi connectivity index (χ3v) is 2.79. The van der Waals surface area contributed by atoms with Crippen molar-refractivity contribution in [2.45, 2.75) is 32.7 Å². The highest BCUT2D eigenvalue weighted by atomic mass is 15.2. The number of nitrogens with zero attached hydrogens (tertiary/aromatic N) is 2. The molecule has 1 radical (unpaired) electrons. The molecule has 0 N–H and O–H groups in total. The first-order chi connectivity index (χ1) is 5.23. The summed E-state index contributed by atoms with van der Waals surface area (Å²) in [7, 11) is 0. The van der Waals surface area contributed by atoms with Crippen molar-refractivity contribution in [1.29, 1.82) is 0 Å². The van der Waals surface area contributed by atoms with E-state index in [1.165, 1.54) is 6.42 Å². The minimum Gasteiger partial charge on any atom is -0.297 e. The molecule has 0 saturated carbocycles. The average Bonchev–Trinajstić information content (AvgIpc) is 2.39. The Bertz CT molecular complexity index is 113. The van der Waals surface area contributed by atoms with Gasteiger partial charge in [0, 0.05) is 18.6 Å². The van der Waals surface area contributed by atoms with E-state index >= 15 is 0 Å². The van der Waals surface area contributed by atoms with Crippen molar-refractivity contribution in [1.82, 2.24) is 10.2 Å². The van der Waals surface area contributed by atoms with E-state index in [-0.39, 0.29) is 0 Å². The molecule has 0 aromatic carbocycles. The second kappa shape index (κ2) is 3.55. The van der Waals surface area contributed by atoms with Gasteiger partial charge in [-0.25, -0.2) is 5.32 Å². The Kier molecular flexibility index (Phi) is 2.90. The molecule has 0 amide bonds. The van der Waals surface area contributed by atoms with Gasteiger partial charge >= 0.3 is 0 Å². The van der Waals surface area contributed by atoms with Crippen molar-refractivity contribution in [3.63, 3.8) is 0 Å². The normalized spacial score (nSPS) is 31.6. The van der Waals surface area contributed by atoms with Crippen LogP contribution in [0.25, 0.3) is 0 Å². The molecule has 0 bridgehead atoms. The summed E-state index contributed by atoms with van der Waals surface area (Å²) < 4.78 is 0. The van der Waals surface area contributed by atoms with E-state index in [0.29, 0.717) is 5.54 Å². The van der Waals surface area contributed by atoms with Crippen LogP contribution in [0.3, 0.4) is 0 Å². The van der Waals surface area contributed by atoms with Crippen molar-refractivity contribution >= 4 is 0 Å². The van der Waals surface area contributed by atoms with Crippen LogP contribution in [0.2, 0.25) is 0 Å². The topological polar surface area (TPSA) is 17.3 Å². The summed E-state index contributed by atoms with van der Waals surface area (Å²) in [5, 5.41) is 4.41. The Hall–Kier alpha value is -0.0800. The zero-order chi connectivity index (χ0) is 8.32. The minimum atomic E-state index is 0.378. The lowest BCUT2D eigenvalue weighted by molar-refractivity contribution is 0.135. The molecular formula is C9H19N2. The Morgan fingerprint density at radius 3 is 2.36 bits per heavy atom. The van der Waals surface area contributed by atoms with Gasteiger partial charge in [-0.1, -0.05) is 13.8 Å². The number of rotatable bonds is 3. The lowest BCUT2D eigenvalue weighted by Gasteiger charge is -2.36. The second-order valence-electron chi connectivity index (χ2n) is 3.52. The summed E-state index contributed by atoms with van der Waals surface area (Å²) in [5.41, 5.74) is 0.378. The van der Waals surface area contributed by atoms with Crippen LogP contribution in [-0.2, 0) is 0 Å². The molecule has 0 aliphatic carbocycles. The fourth-order valence-corrected chi connectivity index (χ4v) is 1.96. The number of likely N-dealkylation sites (N-methyl/N-ethyl adjacent to an activating group) is 1. The quantitative estimate of drug-likeness (QED) is 0.596. The predicted octanol–water partition coefficient (Wildman–Crippen LogP) is 1.09. The Labute approximate surface area is 70.0 Å². The monoisotopic (exact) mass is 155 g/mol. The maximum atomic E-state index is 4.41. The van der Waals surface area contributed by atoms with Crippen LogP contribution in [-0.4, -0.2) is 36.6 Å². The Morgan fingerprint density at radius 2 is 2.00 bits per heavy atom. The first-order valence-electron chi connectivity index (χ1n) is 4.61. The summed E-state index contributed by atoms with van der Waals surface area (Å²) in [6.07, 6.45) is 1.24. The van der Waals surface area contributed by atoms with E-state index in [4.69, 9.17) is 0 Å². The third-order valence-electron chi connectivity index (χ3n) is 2.79. The van der Waals surface area contributed by atoms with Crippen LogP contribution in [0.1, 0.15) is 27.2 Å². The molecule has 2 heteroatoms. The van der Waals surface area contributed by atoms with Crippen LogP contribution < -0.4 is 5.32 Å². The summed E-state index contributed by atoms with van der Waals surface area (Å²) in [6, 6.07) is 0. The first-order valence-corrected chi connectivity index (χ1v) is 4.61. The van der Waals surface area contributed by atoms with Gasteiger partial charge in [0.15, 0.2) is 0 Å². The minimum absolute atomic E-state index is 0.378. The molecule has 1 rings (SSSR count). The summed E-state index contributed by atoms with van der Waals surface area (Å²) in [4.78, 5) is 2.52. The smallest absolute Gasteiger partial charge is 0.0334 e. The standard InChI is InChI=1S/C9H19N2/c1-4-11(5-2)9(3)6-7-10-8-9/h4-8H2,1-3H3. The van der Waals surface area contributed by atoms with E-state index in [1.54, 1.807) is 0 Å². The second-order valence-corrected chi connectivity index (χ2v) is 3.52. The van der Waals surface area contributed by atoms with Gasteiger partial charge < -0.3 is 0 Å². The Balaban J connectivity index is 2.53. The summed E-state index contributed by atoms with van der Waals surface area (Å²) in [6.45, 7) is 11.2. The van der Waals surface area contributed by atoms with Crippen LogP contribution in [0.4, 0.5) is 0 Å². The van der Waals surface area contributed by atoms with Gasteiger partial charge in [-0.15, -0.1) is 0 Å². The van der Waals surface area contributed by atoms with Crippen LogP contribution in [0.15, 0.2) is 0 Å². The van der Waals surface area contributed by atoms with Gasteiger partial charge in [-0.2, -0.15) is 0 Å². The maximum Gasteiger partial charge on any atom is 0.0334 e. The average molecular weight is 155 g/mol. The fraction of sp³-hybridized carbons (Fsp3) is 1.00. The van der Waals surface area contributed by atoms with Gasteiger partial charge in [0.05, 0.1) is 0 Å². The molecule has 1 unspecified atom stereocenters. The molecule has 1 atom stereocenters. The molecule has 1 saturated heterocycles. The highest BCUT2D eigenvalue weighted by molar-refractivity contribution is 4.92. The molecule has 1 aliphatic rings. The van der Waals surface area contributed by atoms with Gasteiger partial charge in [0.1, 0.15) is 0 Å². The fourth-order valence-electron chi connectivity index (χ4n) is 1.96.